The molecule has 4 heavy (non-hydrogen) atoms. The second-order valence-electron chi connectivity index (χ2n) is 0. The Morgan fingerprint density at radius 2 is 0.500 bits per heavy atom. The molecule has 0 saturated heterocycles. The summed E-state index contributed by atoms with van der Waals surface area (Å²) in [4.78, 5) is 0. The van der Waals surface area contributed by atoms with Gasteiger partial charge in [-0.25, -0.2) is 0 Å². The topological polar surface area (TPSA) is 0 Å². The summed E-state index contributed by atoms with van der Waals surface area (Å²) in [6.07, 6.45) is 0. The first-order chi connectivity index (χ1) is 0. The molecule has 0 aromatic heterocycles. The van der Waals surface area contributed by atoms with Gasteiger partial charge in [-0.3, -0.25) is 0 Å². The van der Waals surface area contributed by atoms with Crippen LogP contribution in [0.2, 0.25) is 0 Å². The van der Waals surface area contributed by atoms with Crippen molar-refractivity contribution >= 4 is 192 Å². The average molecular weight is 157 g/mol. The van der Waals surface area contributed by atoms with E-state index in [1.807, 2.05) is 0 Å². The first kappa shape index (κ1) is 22.5. The summed E-state index contributed by atoms with van der Waals surface area (Å²) in [5, 5.41) is 0. The molecule has 0 aromatic rings. The van der Waals surface area contributed by atoms with Gasteiger partial charge in [-0.2, -0.15) is 0 Å². The first-order valence-corrected chi connectivity index (χ1v) is 0. The van der Waals surface area contributed by atoms with Crippen LogP contribution in [0.1, 0.15) is 0 Å². The van der Waals surface area contributed by atoms with Crippen molar-refractivity contribution in [2.24, 2.45) is 0 Å². The summed E-state index contributed by atoms with van der Waals surface area (Å²) < 4.78 is 0. The smallest absolute Gasteiger partial charge is 0 e. The van der Waals surface area contributed by atoms with Crippen molar-refractivity contribution in [1.29, 1.82) is 0 Å². The molecule has 0 saturated carbocycles. The normalized spacial score (nSPS) is 0. The van der Waals surface area contributed by atoms with Crippen LogP contribution < -0.4 is 0 Å². The molecule has 0 heterocycles. The Morgan fingerprint density at radius 1 is 0.500 bits per heavy atom. The Hall–Kier alpha value is 6.17. The van der Waals surface area contributed by atoms with Crippen molar-refractivity contribution in [1.82, 2.24) is 0 Å². The van der Waals surface area contributed by atoms with Gasteiger partial charge in [0.25, 0.3) is 0 Å². The van der Waals surface area contributed by atoms with Gasteiger partial charge in [0, 0.05) is 192 Å². The van der Waals surface area contributed by atoms with Gasteiger partial charge in [0.15, 0.2) is 0 Å². The Labute approximate surface area is 184 Å². The van der Waals surface area contributed by atoms with E-state index in [1.54, 1.807) is 0 Å². The van der Waals surface area contributed by atoms with Gasteiger partial charge in [-0.15, -0.1) is 0 Å². The van der Waals surface area contributed by atoms with Crippen molar-refractivity contribution in [3.63, 3.8) is 0 Å². The molecule has 5 valence electrons. The van der Waals surface area contributed by atoms with Gasteiger partial charge < -0.3 is 0 Å². The molecule has 0 aliphatic rings. The standard InChI is InChI=1S/Ca.3K. The zero-order chi connectivity index (χ0) is 0. The van der Waals surface area contributed by atoms with E-state index in [0.29, 0.717) is 0 Å². The minimum absolute atomic E-state index is 0. The molecule has 0 atom stereocenters. The van der Waals surface area contributed by atoms with Crippen molar-refractivity contribution in [3.8, 4) is 0 Å². The van der Waals surface area contributed by atoms with E-state index in [2.05, 4.69) is 0 Å². The van der Waals surface area contributed by atoms with Crippen LogP contribution in [0.4, 0.5) is 0 Å². The van der Waals surface area contributed by atoms with Crippen molar-refractivity contribution in [3.05, 3.63) is 0 Å². The summed E-state index contributed by atoms with van der Waals surface area (Å²) >= 11 is 0. The second kappa shape index (κ2) is 16.1. The molecule has 0 aromatic carbocycles. The second-order valence-corrected chi connectivity index (χ2v) is 0. The quantitative estimate of drug-likeness (QED) is 0.375. The molecule has 4 heteroatoms. The number of hydrogen-bond acceptors (Lipinski definition) is 0. The fourth-order valence-electron chi connectivity index (χ4n) is 0. The molecule has 0 aliphatic heterocycles. The molecule has 0 nitrogen and oxygen atoms in total. The van der Waals surface area contributed by atoms with Gasteiger partial charge in [0.2, 0.25) is 0 Å². The van der Waals surface area contributed by atoms with Crippen molar-refractivity contribution in [2.45, 2.75) is 0 Å². The number of hydrogen-bond donors (Lipinski definition) is 0. The van der Waals surface area contributed by atoms with Crippen LogP contribution in [0.15, 0.2) is 0 Å². The third-order valence-corrected chi connectivity index (χ3v) is 0. The minimum atomic E-state index is 0. The summed E-state index contributed by atoms with van der Waals surface area (Å²) in [6.45, 7) is 0. The van der Waals surface area contributed by atoms with E-state index in [-0.39, 0.29) is 192 Å². The SMILES string of the molecule is [Ca].[K].[K].[K]. The van der Waals surface area contributed by atoms with Crippen LogP contribution in [0, 0.1) is 0 Å². The minimum Gasteiger partial charge on any atom is 0 e. The van der Waals surface area contributed by atoms with E-state index in [1.165, 1.54) is 0 Å². The van der Waals surface area contributed by atoms with E-state index in [0.717, 1.165) is 0 Å². The Morgan fingerprint density at radius 3 is 0.500 bits per heavy atom. The molecule has 0 rings (SSSR count). The maximum absolute atomic E-state index is 0. The zero-order valence-electron chi connectivity index (χ0n) is 3.71. The van der Waals surface area contributed by atoms with Gasteiger partial charge >= 0.3 is 0 Å². The van der Waals surface area contributed by atoms with Crippen LogP contribution in [0.3, 0.4) is 0 Å². The Balaban J connectivity index is 0. The molecule has 0 amide bonds. The Bertz CT molecular complexity index is 3.25. The molecule has 0 spiro atoms. The number of rotatable bonds is 0. The molecule has 0 fully saturated rings. The maximum atomic E-state index is 0. The predicted octanol–water partition coefficient (Wildman–Crippen LogP) is -1.52. The summed E-state index contributed by atoms with van der Waals surface area (Å²) in [7, 11) is 0. The third-order valence-electron chi connectivity index (χ3n) is 0. The van der Waals surface area contributed by atoms with Gasteiger partial charge in [-0.05, 0) is 0 Å². The first-order valence-electron chi connectivity index (χ1n) is 0. The van der Waals surface area contributed by atoms with Gasteiger partial charge in [0.05, 0.1) is 0 Å². The van der Waals surface area contributed by atoms with Crippen LogP contribution in [0.5, 0.6) is 0 Å². The molecule has 0 N–H and O–H groups in total. The summed E-state index contributed by atoms with van der Waals surface area (Å²) in [6, 6.07) is 0. The fourth-order valence-corrected chi connectivity index (χ4v) is 0. The van der Waals surface area contributed by atoms with Crippen LogP contribution in [-0.2, 0) is 0 Å². The third kappa shape index (κ3) is 11.0. The Kier molecular flexibility index (Phi) is 90.3. The van der Waals surface area contributed by atoms with Gasteiger partial charge in [0.1, 0.15) is 0 Å². The largest absolute Gasteiger partial charge is 0 e. The van der Waals surface area contributed by atoms with Crippen LogP contribution in [0.25, 0.3) is 0 Å². The maximum Gasteiger partial charge on any atom is 0 e. The van der Waals surface area contributed by atoms with Crippen molar-refractivity contribution < 1.29 is 0 Å². The van der Waals surface area contributed by atoms with Crippen LogP contribution in [-0.4, -0.2) is 192 Å². The monoisotopic (exact) mass is 157 g/mol. The molecular weight excluding hydrogens is 157 g/mol. The fraction of sp³-hybridized carbons (Fsp3) is 0. The van der Waals surface area contributed by atoms with Crippen molar-refractivity contribution in [2.75, 3.05) is 0 Å². The van der Waals surface area contributed by atoms with E-state index < -0.39 is 0 Å². The zero-order valence-corrected chi connectivity index (χ0v) is 15.3. The molecule has 0 aliphatic carbocycles. The van der Waals surface area contributed by atoms with E-state index in [4.69, 9.17) is 0 Å². The molecule has 0 bridgehead atoms. The predicted molar refractivity (Wildman–Crippen MR) is 23.0 cm³/mol. The van der Waals surface area contributed by atoms with E-state index in [9.17, 15) is 0 Å². The van der Waals surface area contributed by atoms with Crippen LogP contribution >= 0.6 is 0 Å². The summed E-state index contributed by atoms with van der Waals surface area (Å²) in [5.74, 6) is 0. The van der Waals surface area contributed by atoms with Gasteiger partial charge in [-0.1, -0.05) is 0 Å². The molecular formula is CaK3. The summed E-state index contributed by atoms with van der Waals surface area (Å²) in [5.41, 5.74) is 0. The molecule has 0 unspecified atom stereocenters. The average Bonchev–Trinajstić information content (AvgIpc) is 0. The molecule has 5 radical (unpaired) electrons. The van der Waals surface area contributed by atoms with E-state index >= 15 is 0 Å².